The average Bonchev–Trinajstić information content (AvgIpc) is 3.52. The van der Waals surface area contributed by atoms with Crippen LogP contribution in [0.1, 0.15) is 37.3 Å². The van der Waals surface area contributed by atoms with Gasteiger partial charge in [0.25, 0.3) is 0 Å². The van der Waals surface area contributed by atoms with E-state index < -0.39 is 0 Å². The Bertz CT molecular complexity index is 1240. The minimum Gasteiger partial charge on any atom is -0.496 e. The van der Waals surface area contributed by atoms with Gasteiger partial charge in [-0.2, -0.15) is 0 Å². The number of rotatable bonds is 9. The molecule has 1 saturated carbocycles. The molecule has 1 aliphatic carbocycles. The molecule has 5 rings (SSSR count). The topological polar surface area (TPSA) is 62.8 Å². The lowest BCUT2D eigenvalue weighted by Gasteiger charge is -2.25. The van der Waals surface area contributed by atoms with Crippen molar-refractivity contribution in [3.8, 4) is 22.6 Å². The molecule has 1 heterocycles. The standard InChI is InChI=1S/C31H36FN3O3/c1-3-38-29-18-22(17-28(37-2)30(29)23-9-11-24(32)12-10-23)20-35-16-15-25-26(13-14-27(25)35)34-31(36)33-19-21-7-5-4-6-8-21/h4-12,17-18,25-27H,3,13-16,19-20H2,1-2H3,(H2,33,34,36)/t25-,26?,27+/m0/s1. The second-order valence-electron chi connectivity index (χ2n) is 10.1. The Labute approximate surface area is 224 Å². The Morgan fingerprint density at radius 1 is 1.00 bits per heavy atom. The number of nitrogens with one attached hydrogen (secondary N) is 2. The summed E-state index contributed by atoms with van der Waals surface area (Å²) in [6.07, 6.45) is 3.12. The van der Waals surface area contributed by atoms with Crippen LogP contribution in [0.15, 0.2) is 66.7 Å². The van der Waals surface area contributed by atoms with Crippen LogP contribution in [0.4, 0.5) is 9.18 Å². The quantitative estimate of drug-likeness (QED) is 0.379. The van der Waals surface area contributed by atoms with E-state index in [0.717, 1.165) is 60.4 Å². The summed E-state index contributed by atoms with van der Waals surface area (Å²) in [5.74, 6) is 1.63. The lowest BCUT2D eigenvalue weighted by atomic mass is 9.99. The van der Waals surface area contributed by atoms with Crippen molar-refractivity contribution in [3.05, 3.63) is 83.7 Å². The van der Waals surface area contributed by atoms with Gasteiger partial charge in [0.15, 0.2) is 0 Å². The number of halogens is 1. The maximum absolute atomic E-state index is 13.5. The second-order valence-corrected chi connectivity index (χ2v) is 10.1. The number of fused-ring (bicyclic) bond motifs is 1. The fraction of sp³-hybridized carbons (Fsp3) is 0.387. The maximum Gasteiger partial charge on any atom is 0.315 e. The molecule has 6 nitrogen and oxygen atoms in total. The van der Waals surface area contributed by atoms with Crippen LogP contribution < -0.4 is 20.1 Å². The summed E-state index contributed by atoms with van der Waals surface area (Å²) in [6.45, 7) is 4.78. The summed E-state index contributed by atoms with van der Waals surface area (Å²) in [7, 11) is 1.66. The molecule has 3 atom stereocenters. The zero-order valence-corrected chi connectivity index (χ0v) is 22.1. The summed E-state index contributed by atoms with van der Waals surface area (Å²) in [6, 6.07) is 21.0. The largest absolute Gasteiger partial charge is 0.496 e. The minimum atomic E-state index is -0.274. The van der Waals surface area contributed by atoms with Crippen molar-refractivity contribution in [1.29, 1.82) is 0 Å². The number of methoxy groups -OCH3 is 1. The first kappa shape index (κ1) is 26.0. The van der Waals surface area contributed by atoms with Gasteiger partial charge >= 0.3 is 6.03 Å². The molecule has 1 unspecified atom stereocenters. The SMILES string of the molecule is CCOc1cc(CN2CC[C@H]3C(NC(=O)NCc4ccccc4)CC[C@H]32)cc(OC)c1-c1ccc(F)cc1. The molecule has 2 amide bonds. The fourth-order valence-electron chi connectivity index (χ4n) is 6.05. The summed E-state index contributed by atoms with van der Waals surface area (Å²) in [4.78, 5) is 15.1. The molecule has 3 aromatic carbocycles. The average molecular weight is 518 g/mol. The van der Waals surface area contributed by atoms with Crippen LogP contribution in [-0.2, 0) is 13.1 Å². The van der Waals surface area contributed by atoms with E-state index in [2.05, 4.69) is 27.7 Å². The van der Waals surface area contributed by atoms with Crippen molar-refractivity contribution >= 4 is 6.03 Å². The molecule has 2 fully saturated rings. The number of nitrogens with zero attached hydrogens (tertiary/aromatic N) is 1. The molecule has 38 heavy (non-hydrogen) atoms. The lowest BCUT2D eigenvalue weighted by molar-refractivity contribution is 0.222. The third kappa shape index (κ3) is 5.78. The number of likely N-dealkylation sites (tertiary alicyclic amines) is 1. The van der Waals surface area contributed by atoms with Gasteiger partial charge in [-0.1, -0.05) is 42.5 Å². The van der Waals surface area contributed by atoms with Gasteiger partial charge < -0.3 is 20.1 Å². The molecule has 1 saturated heterocycles. The van der Waals surface area contributed by atoms with E-state index in [1.54, 1.807) is 19.2 Å². The van der Waals surface area contributed by atoms with E-state index in [9.17, 15) is 9.18 Å². The number of carbonyl (C=O) groups is 1. The molecular weight excluding hydrogens is 481 g/mol. The summed E-state index contributed by atoms with van der Waals surface area (Å²) in [5, 5.41) is 6.23. The highest BCUT2D eigenvalue weighted by Crippen LogP contribution is 2.42. The number of hydrogen-bond acceptors (Lipinski definition) is 4. The molecule has 2 aliphatic rings. The van der Waals surface area contributed by atoms with E-state index in [1.165, 1.54) is 12.1 Å². The van der Waals surface area contributed by atoms with E-state index in [4.69, 9.17) is 9.47 Å². The van der Waals surface area contributed by atoms with Crippen LogP contribution in [0.2, 0.25) is 0 Å². The summed E-state index contributed by atoms with van der Waals surface area (Å²) < 4.78 is 25.3. The molecule has 200 valence electrons. The first-order valence-corrected chi connectivity index (χ1v) is 13.5. The van der Waals surface area contributed by atoms with E-state index in [0.29, 0.717) is 30.9 Å². The van der Waals surface area contributed by atoms with Crippen molar-refractivity contribution in [1.82, 2.24) is 15.5 Å². The highest BCUT2D eigenvalue weighted by Gasteiger charge is 2.44. The second kappa shape index (κ2) is 11.9. The molecule has 0 bridgehead atoms. The van der Waals surface area contributed by atoms with Crippen LogP contribution in [0, 0.1) is 11.7 Å². The smallest absolute Gasteiger partial charge is 0.315 e. The van der Waals surface area contributed by atoms with Gasteiger partial charge in [0, 0.05) is 25.2 Å². The van der Waals surface area contributed by atoms with Crippen LogP contribution in [0.25, 0.3) is 11.1 Å². The van der Waals surface area contributed by atoms with E-state index in [-0.39, 0.29) is 17.9 Å². The molecule has 0 radical (unpaired) electrons. The van der Waals surface area contributed by atoms with E-state index >= 15 is 0 Å². The molecular formula is C31H36FN3O3. The van der Waals surface area contributed by atoms with Crippen LogP contribution in [0.5, 0.6) is 11.5 Å². The van der Waals surface area contributed by atoms with Gasteiger partial charge in [-0.3, -0.25) is 4.90 Å². The van der Waals surface area contributed by atoms with Crippen molar-refractivity contribution in [2.45, 2.75) is 51.4 Å². The maximum atomic E-state index is 13.5. The first-order chi connectivity index (χ1) is 18.6. The monoisotopic (exact) mass is 517 g/mol. The van der Waals surface area contributed by atoms with Crippen LogP contribution in [-0.4, -0.2) is 43.3 Å². The molecule has 2 N–H and O–H groups in total. The molecule has 7 heteroatoms. The highest BCUT2D eigenvalue weighted by molar-refractivity contribution is 5.77. The molecule has 1 aliphatic heterocycles. The zero-order chi connectivity index (χ0) is 26.5. The number of amides is 2. The van der Waals surface area contributed by atoms with Gasteiger partial charge in [-0.25, -0.2) is 9.18 Å². The Kier molecular flexibility index (Phi) is 8.13. The van der Waals surface area contributed by atoms with Crippen LogP contribution >= 0.6 is 0 Å². The van der Waals surface area contributed by atoms with Gasteiger partial charge in [0.1, 0.15) is 17.3 Å². The predicted molar refractivity (Wildman–Crippen MR) is 147 cm³/mol. The Hall–Kier alpha value is -3.58. The Morgan fingerprint density at radius 3 is 2.50 bits per heavy atom. The third-order valence-electron chi connectivity index (χ3n) is 7.78. The Balaban J connectivity index is 1.25. The van der Waals surface area contributed by atoms with Crippen molar-refractivity contribution in [3.63, 3.8) is 0 Å². The van der Waals surface area contributed by atoms with Crippen LogP contribution in [0.3, 0.4) is 0 Å². The normalized spacial score (nSPS) is 20.7. The molecule has 0 spiro atoms. The molecule has 3 aromatic rings. The van der Waals surface area contributed by atoms with Gasteiger partial charge in [-0.05, 0) is 79.6 Å². The number of hydrogen-bond donors (Lipinski definition) is 2. The van der Waals surface area contributed by atoms with Crippen molar-refractivity contribution < 1.29 is 18.7 Å². The highest BCUT2D eigenvalue weighted by atomic mass is 19.1. The predicted octanol–water partition coefficient (Wildman–Crippen LogP) is 5.75. The number of carbonyl (C=O) groups excluding carboxylic acids is 1. The minimum absolute atomic E-state index is 0.0968. The van der Waals surface area contributed by atoms with Gasteiger partial charge in [-0.15, -0.1) is 0 Å². The van der Waals surface area contributed by atoms with Gasteiger partial charge in [0.05, 0.1) is 19.3 Å². The summed E-state index contributed by atoms with van der Waals surface area (Å²) in [5.41, 5.74) is 3.90. The summed E-state index contributed by atoms with van der Waals surface area (Å²) >= 11 is 0. The van der Waals surface area contributed by atoms with Gasteiger partial charge in [0.2, 0.25) is 0 Å². The zero-order valence-electron chi connectivity index (χ0n) is 22.1. The first-order valence-electron chi connectivity index (χ1n) is 13.5. The number of urea groups is 1. The number of ether oxygens (including phenoxy) is 2. The van der Waals surface area contributed by atoms with Crippen molar-refractivity contribution in [2.24, 2.45) is 5.92 Å². The van der Waals surface area contributed by atoms with E-state index in [1.807, 2.05) is 37.3 Å². The molecule has 0 aromatic heterocycles. The van der Waals surface area contributed by atoms with Crippen molar-refractivity contribution in [2.75, 3.05) is 20.3 Å². The number of benzene rings is 3. The Morgan fingerprint density at radius 2 is 1.76 bits per heavy atom. The third-order valence-corrected chi connectivity index (χ3v) is 7.78. The lowest BCUT2D eigenvalue weighted by Crippen LogP contribution is -2.44. The fourth-order valence-corrected chi connectivity index (χ4v) is 6.05.